The summed E-state index contributed by atoms with van der Waals surface area (Å²) in [5, 5.41) is 11.5. The monoisotopic (exact) mass is 704 g/mol. The number of amides is 1. The molecule has 3 saturated heterocycles. The molecule has 3 aromatic heterocycles. The average molecular weight is 705 g/mol. The van der Waals surface area contributed by atoms with Crippen LogP contribution in [-0.4, -0.2) is 93.2 Å². The second kappa shape index (κ2) is 13.5. The lowest BCUT2D eigenvalue weighted by molar-refractivity contribution is -0.127. The van der Waals surface area contributed by atoms with Crippen molar-refractivity contribution in [3.8, 4) is 23.3 Å². The summed E-state index contributed by atoms with van der Waals surface area (Å²) >= 11 is 0. The van der Waals surface area contributed by atoms with Crippen molar-refractivity contribution in [2.75, 3.05) is 44.7 Å². The van der Waals surface area contributed by atoms with E-state index in [0.717, 1.165) is 30.8 Å². The average Bonchev–Trinajstić information content (AvgIpc) is 3.88. The molecule has 2 aromatic carbocycles. The van der Waals surface area contributed by atoms with Gasteiger partial charge in [-0.25, -0.2) is 13.2 Å². The van der Waals surface area contributed by atoms with Crippen LogP contribution in [-0.2, 0) is 4.79 Å². The number of pyridine rings is 2. The number of likely N-dealkylation sites (N-methyl/N-ethyl adjacent to an activating group) is 1. The summed E-state index contributed by atoms with van der Waals surface area (Å²) in [6, 6.07) is 17.5. The number of hydrogen-bond donors (Lipinski definition) is 0. The highest BCUT2D eigenvalue weighted by Crippen LogP contribution is 2.41. The van der Waals surface area contributed by atoms with Gasteiger partial charge in [0.05, 0.1) is 28.3 Å². The summed E-state index contributed by atoms with van der Waals surface area (Å²) in [6.07, 6.45) is 5.73. The lowest BCUT2D eigenvalue weighted by Crippen LogP contribution is -2.43. The van der Waals surface area contributed by atoms with Crippen LogP contribution in [0.2, 0.25) is 0 Å². The van der Waals surface area contributed by atoms with E-state index in [9.17, 15) is 14.4 Å². The maximum atomic E-state index is 16.9. The van der Waals surface area contributed by atoms with Crippen LogP contribution in [0.1, 0.15) is 36.9 Å². The van der Waals surface area contributed by atoms with Gasteiger partial charge in [0.1, 0.15) is 29.8 Å². The number of halogens is 3. The highest BCUT2D eigenvalue weighted by Gasteiger charge is 2.49. The number of aromatic nitrogens is 4. The number of likely N-dealkylation sites (tertiary alicyclic amines) is 1. The molecule has 3 fully saturated rings. The minimum atomic E-state index is -0.954. The molecule has 0 saturated carbocycles. The molecule has 5 aromatic rings. The van der Waals surface area contributed by atoms with E-state index in [1.54, 1.807) is 49.5 Å². The number of hydrogen-bond acceptors (Lipinski definition) is 9. The number of alkyl halides is 1. The minimum absolute atomic E-state index is 0.0171. The predicted octanol–water partition coefficient (Wildman–Crippen LogP) is 6.25. The first kappa shape index (κ1) is 33.5. The van der Waals surface area contributed by atoms with Crippen molar-refractivity contribution in [3.63, 3.8) is 0 Å². The zero-order chi connectivity index (χ0) is 36.0. The Balaban J connectivity index is 1.16. The number of nitrogens with zero attached hydrogens (tertiary/aromatic N) is 8. The van der Waals surface area contributed by atoms with Gasteiger partial charge in [-0.15, -0.1) is 0 Å². The van der Waals surface area contributed by atoms with Gasteiger partial charge in [-0.1, -0.05) is 36.4 Å². The van der Waals surface area contributed by atoms with E-state index < -0.39 is 29.3 Å². The molecule has 0 N–H and O–H groups in total. The molecule has 10 nitrogen and oxygen atoms in total. The number of ether oxygens (including phenoxy) is 1. The molecule has 0 unspecified atom stereocenters. The van der Waals surface area contributed by atoms with Gasteiger partial charge < -0.3 is 14.5 Å². The van der Waals surface area contributed by atoms with Crippen LogP contribution >= 0.6 is 0 Å². The van der Waals surface area contributed by atoms with E-state index >= 15 is 8.78 Å². The molecule has 8 rings (SSSR count). The maximum Gasteiger partial charge on any atom is 0.319 e. The van der Waals surface area contributed by atoms with Gasteiger partial charge in [0.25, 0.3) is 5.91 Å². The zero-order valence-electron chi connectivity index (χ0n) is 28.5. The molecule has 13 heteroatoms. The molecule has 3 aliphatic rings. The van der Waals surface area contributed by atoms with Crippen molar-refractivity contribution in [2.45, 2.75) is 43.4 Å². The molecule has 0 aliphatic carbocycles. The van der Waals surface area contributed by atoms with Gasteiger partial charge in [0, 0.05) is 68.6 Å². The number of anilines is 1. The van der Waals surface area contributed by atoms with Crippen LogP contribution in [0.3, 0.4) is 0 Å². The molecule has 52 heavy (non-hydrogen) atoms. The molecule has 3 aliphatic heterocycles. The first-order valence-corrected chi connectivity index (χ1v) is 17.4. The molecular formula is C39H35F3N8O2. The number of carbonyl (C=O) groups excluding carboxylic acids is 1. The van der Waals surface area contributed by atoms with Crippen LogP contribution in [0.4, 0.5) is 19.0 Å². The van der Waals surface area contributed by atoms with E-state index in [0.29, 0.717) is 59.3 Å². The molecule has 6 heterocycles. The van der Waals surface area contributed by atoms with Gasteiger partial charge in [-0.3, -0.25) is 19.7 Å². The minimum Gasteiger partial charge on any atom is -0.461 e. The number of rotatable bonds is 8. The Morgan fingerprint density at radius 3 is 2.77 bits per heavy atom. The molecule has 0 bridgehead atoms. The van der Waals surface area contributed by atoms with Gasteiger partial charge in [-0.05, 0) is 49.4 Å². The van der Waals surface area contributed by atoms with Crippen molar-refractivity contribution in [2.24, 2.45) is 0 Å². The fourth-order valence-electron chi connectivity index (χ4n) is 8.04. The van der Waals surface area contributed by atoms with Gasteiger partial charge >= 0.3 is 6.01 Å². The third kappa shape index (κ3) is 5.96. The molecule has 3 atom stereocenters. The SMILES string of the molecule is CN(c1nc(OC[C@@]23CCCN2C[C@H](F)C3)nc2c(F)c(-c3cccc4cccc(C#N)c34)ncc12)[C@@H]1CCN(C(=O)/C(F)=C/c2ccccn2)C1. The second-order valence-electron chi connectivity index (χ2n) is 13.7. The molecule has 0 spiro atoms. The normalized spacial score (nSPS) is 21.8. The van der Waals surface area contributed by atoms with E-state index in [4.69, 9.17) is 9.72 Å². The Labute approximate surface area is 298 Å². The third-order valence-corrected chi connectivity index (χ3v) is 10.7. The van der Waals surface area contributed by atoms with Gasteiger partial charge in [0.2, 0.25) is 0 Å². The van der Waals surface area contributed by atoms with Crippen LogP contribution in [0.15, 0.2) is 72.8 Å². The topological polar surface area (TPSA) is 111 Å². The van der Waals surface area contributed by atoms with Crippen LogP contribution in [0.5, 0.6) is 6.01 Å². The molecule has 0 radical (unpaired) electrons. The van der Waals surface area contributed by atoms with Crippen LogP contribution in [0.25, 0.3) is 39.0 Å². The number of nitriles is 1. The van der Waals surface area contributed by atoms with E-state index in [1.165, 1.54) is 17.3 Å². The lowest BCUT2D eigenvalue weighted by atomic mass is 9.95. The summed E-state index contributed by atoms with van der Waals surface area (Å²) in [5.74, 6) is -2.05. The van der Waals surface area contributed by atoms with Gasteiger partial charge in [-0.2, -0.15) is 15.2 Å². The Morgan fingerprint density at radius 2 is 1.96 bits per heavy atom. The Bertz CT molecular complexity index is 2260. The van der Waals surface area contributed by atoms with Crippen LogP contribution < -0.4 is 9.64 Å². The van der Waals surface area contributed by atoms with E-state index in [1.807, 2.05) is 17.0 Å². The highest BCUT2D eigenvalue weighted by atomic mass is 19.1. The third-order valence-electron chi connectivity index (χ3n) is 10.7. The summed E-state index contributed by atoms with van der Waals surface area (Å²) in [5.41, 5.74) is 0.661. The first-order chi connectivity index (χ1) is 25.2. The lowest BCUT2D eigenvalue weighted by Gasteiger charge is -2.31. The van der Waals surface area contributed by atoms with Crippen LogP contribution in [0, 0.1) is 17.1 Å². The van der Waals surface area contributed by atoms with Crippen molar-refractivity contribution in [3.05, 3.63) is 89.9 Å². The number of carbonyl (C=O) groups is 1. The van der Waals surface area contributed by atoms with E-state index in [-0.39, 0.29) is 36.4 Å². The quantitative estimate of drug-likeness (QED) is 0.173. The maximum absolute atomic E-state index is 16.9. The van der Waals surface area contributed by atoms with E-state index in [2.05, 4.69) is 25.9 Å². The predicted molar refractivity (Wildman–Crippen MR) is 190 cm³/mol. The highest BCUT2D eigenvalue weighted by molar-refractivity contribution is 6.02. The largest absolute Gasteiger partial charge is 0.461 e. The Morgan fingerprint density at radius 1 is 1.12 bits per heavy atom. The summed E-state index contributed by atoms with van der Waals surface area (Å²) < 4.78 is 52.7. The Hall–Kier alpha value is -5.61. The van der Waals surface area contributed by atoms with Crippen molar-refractivity contribution in [1.82, 2.24) is 29.7 Å². The summed E-state index contributed by atoms with van der Waals surface area (Å²) in [6.45, 7) is 1.76. The molecule has 1 amide bonds. The van der Waals surface area contributed by atoms with Gasteiger partial charge in [0.15, 0.2) is 11.6 Å². The van der Waals surface area contributed by atoms with Crippen molar-refractivity contribution in [1.29, 1.82) is 5.26 Å². The zero-order valence-corrected chi connectivity index (χ0v) is 28.5. The fourth-order valence-corrected chi connectivity index (χ4v) is 8.04. The van der Waals surface area contributed by atoms with Crippen molar-refractivity contribution < 1.29 is 22.7 Å². The van der Waals surface area contributed by atoms with Crippen molar-refractivity contribution >= 4 is 39.5 Å². The first-order valence-electron chi connectivity index (χ1n) is 17.4. The standard InChI is InChI=1S/C39H35F3N8O2/c1-48(28-12-16-49(22-28)37(51)31(41)17-27-10-2-3-14-44-27)36-30-20-45-34(29-11-5-8-24-7-4-9-25(19-43)32(24)29)33(42)35(30)46-38(47-36)52-23-39-13-6-15-50(39)21-26(40)18-39/h2-5,7-11,14,17,20,26,28H,6,12-13,15-16,18,21-23H2,1H3/b31-17-/t26-,28-,39+/m1/s1. The number of benzene rings is 2. The molecule has 264 valence electrons. The Kier molecular flexibility index (Phi) is 8.71. The second-order valence-corrected chi connectivity index (χ2v) is 13.7. The summed E-state index contributed by atoms with van der Waals surface area (Å²) in [7, 11) is 1.78. The smallest absolute Gasteiger partial charge is 0.319 e. The summed E-state index contributed by atoms with van der Waals surface area (Å²) in [4.78, 5) is 36.4. The molecular weight excluding hydrogens is 669 g/mol. The fraction of sp³-hybridized carbons (Fsp3) is 0.333. The number of fused-ring (bicyclic) bond motifs is 3.